The maximum atomic E-state index is 3.51. The molecule has 0 spiro atoms. The Balaban J connectivity index is 1.77. The lowest BCUT2D eigenvalue weighted by atomic mass is 9.80. The third-order valence-corrected chi connectivity index (χ3v) is 3.86. The summed E-state index contributed by atoms with van der Waals surface area (Å²) in [5, 5.41) is 3.51. The number of hydrogen-bond donors (Lipinski definition) is 1. The lowest BCUT2D eigenvalue weighted by Crippen LogP contribution is -2.15. The van der Waals surface area contributed by atoms with E-state index in [0.717, 1.165) is 12.5 Å². The van der Waals surface area contributed by atoms with Crippen LogP contribution in [0.4, 0.5) is 5.69 Å². The zero-order chi connectivity index (χ0) is 10.1. The van der Waals surface area contributed by atoms with E-state index in [1.165, 1.54) is 55.3 Å². The van der Waals surface area contributed by atoms with Crippen LogP contribution in [-0.2, 0) is 12.8 Å². The van der Waals surface area contributed by atoms with Crippen LogP contribution in [0.25, 0.3) is 0 Å². The molecule has 1 nitrogen and oxygen atoms in total. The second kappa shape index (κ2) is 3.88. The van der Waals surface area contributed by atoms with Gasteiger partial charge in [0.15, 0.2) is 0 Å². The van der Waals surface area contributed by atoms with Crippen molar-refractivity contribution in [3.8, 4) is 0 Å². The number of fused-ring (bicyclic) bond motifs is 1. The molecule has 15 heavy (non-hydrogen) atoms. The predicted octanol–water partition coefficient (Wildman–Crippen LogP) is 3.39. The average Bonchev–Trinajstić information content (AvgIpc) is 2.23. The van der Waals surface area contributed by atoms with Crippen molar-refractivity contribution >= 4 is 5.69 Å². The zero-order valence-corrected chi connectivity index (χ0v) is 9.26. The maximum absolute atomic E-state index is 3.51. The average molecular weight is 201 g/mol. The minimum absolute atomic E-state index is 0.978. The third-order valence-electron chi connectivity index (χ3n) is 3.86. The van der Waals surface area contributed by atoms with Crippen LogP contribution in [0.2, 0.25) is 0 Å². The van der Waals surface area contributed by atoms with Crippen molar-refractivity contribution in [1.29, 1.82) is 0 Å². The molecule has 1 aromatic carbocycles. The number of hydrogen-bond acceptors (Lipinski definition) is 1. The summed E-state index contributed by atoms with van der Waals surface area (Å²) in [4.78, 5) is 0. The number of rotatable bonds is 2. The highest BCUT2D eigenvalue weighted by Crippen LogP contribution is 2.31. The molecular formula is C14H19N. The highest BCUT2D eigenvalue weighted by atomic mass is 14.9. The number of benzene rings is 1. The highest BCUT2D eigenvalue weighted by molar-refractivity contribution is 5.55. The van der Waals surface area contributed by atoms with Gasteiger partial charge in [-0.25, -0.2) is 0 Å². The van der Waals surface area contributed by atoms with Gasteiger partial charge in [-0.2, -0.15) is 0 Å². The SMILES string of the molecule is c1cc2c(cc1CC1CCC1)NCCC2. The van der Waals surface area contributed by atoms with Crippen LogP contribution in [0.3, 0.4) is 0 Å². The van der Waals surface area contributed by atoms with Gasteiger partial charge in [-0.3, -0.25) is 0 Å². The summed E-state index contributed by atoms with van der Waals surface area (Å²) in [5.74, 6) is 0.978. The minimum Gasteiger partial charge on any atom is -0.385 e. The van der Waals surface area contributed by atoms with Crippen LogP contribution in [0.15, 0.2) is 18.2 Å². The lowest BCUT2D eigenvalue weighted by Gasteiger charge is -2.26. The normalized spacial score (nSPS) is 20.3. The molecule has 80 valence electrons. The van der Waals surface area contributed by atoms with Gasteiger partial charge in [-0.1, -0.05) is 31.4 Å². The van der Waals surface area contributed by atoms with Gasteiger partial charge in [-0.15, -0.1) is 0 Å². The summed E-state index contributed by atoms with van der Waals surface area (Å²) in [6.07, 6.45) is 8.19. The fourth-order valence-corrected chi connectivity index (χ4v) is 2.67. The Morgan fingerprint density at radius 1 is 1.20 bits per heavy atom. The molecule has 1 heteroatoms. The molecule has 0 unspecified atom stereocenters. The summed E-state index contributed by atoms with van der Waals surface area (Å²) in [6, 6.07) is 7.05. The Morgan fingerprint density at radius 2 is 2.13 bits per heavy atom. The summed E-state index contributed by atoms with van der Waals surface area (Å²) >= 11 is 0. The van der Waals surface area contributed by atoms with Crippen molar-refractivity contribution in [2.75, 3.05) is 11.9 Å². The largest absolute Gasteiger partial charge is 0.385 e. The third kappa shape index (κ3) is 1.88. The quantitative estimate of drug-likeness (QED) is 0.773. The smallest absolute Gasteiger partial charge is 0.0375 e. The lowest BCUT2D eigenvalue weighted by molar-refractivity contribution is 0.314. The fraction of sp³-hybridized carbons (Fsp3) is 0.571. The van der Waals surface area contributed by atoms with Gasteiger partial charge in [0, 0.05) is 12.2 Å². The molecule has 1 heterocycles. The molecule has 1 saturated carbocycles. The first-order valence-corrected chi connectivity index (χ1v) is 6.27. The monoisotopic (exact) mass is 201 g/mol. The first-order valence-electron chi connectivity index (χ1n) is 6.27. The van der Waals surface area contributed by atoms with Crippen LogP contribution in [-0.4, -0.2) is 6.54 Å². The van der Waals surface area contributed by atoms with Crippen LogP contribution >= 0.6 is 0 Å². The summed E-state index contributed by atoms with van der Waals surface area (Å²) in [5.41, 5.74) is 4.45. The fourth-order valence-electron chi connectivity index (χ4n) is 2.67. The molecule has 1 fully saturated rings. The van der Waals surface area contributed by atoms with Gasteiger partial charge in [0.25, 0.3) is 0 Å². The first kappa shape index (κ1) is 9.26. The number of aryl methyl sites for hydroxylation is 1. The van der Waals surface area contributed by atoms with E-state index in [0.29, 0.717) is 0 Å². The molecule has 1 N–H and O–H groups in total. The topological polar surface area (TPSA) is 12.0 Å². The van der Waals surface area contributed by atoms with Gasteiger partial charge in [-0.05, 0) is 42.4 Å². The van der Waals surface area contributed by atoms with Gasteiger partial charge >= 0.3 is 0 Å². The van der Waals surface area contributed by atoms with E-state index in [2.05, 4.69) is 23.5 Å². The Kier molecular flexibility index (Phi) is 2.40. The Bertz CT molecular complexity index is 352. The Labute approximate surface area is 91.9 Å². The second-order valence-corrected chi connectivity index (χ2v) is 5.02. The first-order chi connectivity index (χ1) is 7.42. The molecule has 1 aromatic rings. The molecule has 0 aromatic heterocycles. The van der Waals surface area contributed by atoms with Gasteiger partial charge in [0.05, 0.1) is 0 Å². The Morgan fingerprint density at radius 3 is 2.93 bits per heavy atom. The van der Waals surface area contributed by atoms with Gasteiger partial charge in [0.1, 0.15) is 0 Å². The van der Waals surface area contributed by atoms with Gasteiger partial charge in [0.2, 0.25) is 0 Å². The molecular weight excluding hydrogens is 182 g/mol. The molecule has 0 amide bonds. The zero-order valence-electron chi connectivity index (χ0n) is 9.26. The molecule has 1 aliphatic heterocycles. The van der Waals surface area contributed by atoms with Crippen molar-refractivity contribution in [2.24, 2.45) is 5.92 Å². The van der Waals surface area contributed by atoms with Crippen LogP contribution < -0.4 is 5.32 Å². The summed E-state index contributed by atoms with van der Waals surface area (Å²) in [7, 11) is 0. The predicted molar refractivity (Wildman–Crippen MR) is 64.3 cm³/mol. The van der Waals surface area contributed by atoms with Crippen LogP contribution in [0.5, 0.6) is 0 Å². The van der Waals surface area contributed by atoms with Gasteiger partial charge < -0.3 is 5.32 Å². The van der Waals surface area contributed by atoms with Crippen LogP contribution in [0, 0.1) is 5.92 Å². The van der Waals surface area contributed by atoms with Crippen molar-refractivity contribution in [1.82, 2.24) is 0 Å². The van der Waals surface area contributed by atoms with Crippen molar-refractivity contribution in [2.45, 2.75) is 38.5 Å². The van der Waals surface area contributed by atoms with E-state index in [4.69, 9.17) is 0 Å². The second-order valence-electron chi connectivity index (χ2n) is 5.02. The molecule has 0 bridgehead atoms. The molecule has 2 aliphatic rings. The van der Waals surface area contributed by atoms with E-state index in [9.17, 15) is 0 Å². The van der Waals surface area contributed by atoms with E-state index in [1.807, 2.05) is 0 Å². The standard InChI is InChI=1S/C14H19N/c1-3-11(4-1)9-12-6-7-13-5-2-8-15-14(13)10-12/h6-7,10-11,15H,1-5,8-9H2. The Hall–Kier alpha value is -0.980. The van der Waals surface area contributed by atoms with Crippen LogP contribution in [0.1, 0.15) is 36.8 Å². The van der Waals surface area contributed by atoms with Crippen molar-refractivity contribution < 1.29 is 0 Å². The van der Waals surface area contributed by atoms with Crippen molar-refractivity contribution in [3.63, 3.8) is 0 Å². The molecule has 0 saturated heterocycles. The van der Waals surface area contributed by atoms with E-state index < -0.39 is 0 Å². The van der Waals surface area contributed by atoms with Crippen molar-refractivity contribution in [3.05, 3.63) is 29.3 Å². The van der Waals surface area contributed by atoms with E-state index in [-0.39, 0.29) is 0 Å². The molecule has 0 radical (unpaired) electrons. The maximum Gasteiger partial charge on any atom is 0.0375 e. The minimum atomic E-state index is 0.978. The summed E-state index contributed by atoms with van der Waals surface area (Å²) in [6.45, 7) is 1.15. The van der Waals surface area contributed by atoms with E-state index in [1.54, 1.807) is 0 Å². The van der Waals surface area contributed by atoms with E-state index >= 15 is 0 Å². The number of nitrogens with one attached hydrogen (secondary N) is 1. The molecule has 0 atom stereocenters. The highest BCUT2D eigenvalue weighted by Gasteiger charge is 2.18. The molecule has 1 aliphatic carbocycles. The molecule has 3 rings (SSSR count). The number of anilines is 1. The summed E-state index contributed by atoms with van der Waals surface area (Å²) < 4.78 is 0.